The minimum atomic E-state index is -1.89. The topological polar surface area (TPSA) is 188 Å². The minimum Gasteiger partial charge on any atom is -0.396 e. The van der Waals surface area contributed by atoms with Gasteiger partial charge in [-0.1, -0.05) is 71.1 Å². The Balaban J connectivity index is 1.70. The Morgan fingerprint density at radius 2 is 1.54 bits per heavy atom. The molecule has 2 aliphatic heterocycles. The lowest BCUT2D eigenvalue weighted by Crippen LogP contribution is -2.59. The van der Waals surface area contributed by atoms with Crippen LogP contribution in [0.25, 0.3) is 0 Å². The Hall–Kier alpha value is -3.13. The second kappa shape index (κ2) is 25.3. The summed E-state index contributed by atoms with van der Waals surface area (Å²) in [7, 11) is 3.04. The molecule has 0 aromatic heterocycles. The smallest absolute Gasteiger partial charge is 0.293 e. The van der Waals surface area contributed by atoms with Crippen LogP contribution in [-0.4, -0.2) is 118 Å². The van der Waals surface area contributed by atoms with Crippen molar-refractivity contribution >= 4 is 29.0 Å². The SMILES string of the molecule is CO[C@H]1C[C@@H]2CC[C@@H](C)[C@@](O)(C2)C(=O)C(=O)N2CCCC[C@H]2C(=O)C[C@H]([C@H](C)CC2CC[C@@H](O)[C@H](CO)C2)CC(=O)[C@H](C)/C=C(\C)[C@@H](O)[C@@H](OC)C(=O)[C@H](C)C[C@H](C)/C=C/C=C/C=C/1C. The molecule has 2 saturated carbocycles. The van der Waals surface area contributed by atoms with Gasteiger partial charge in [0.1, 0.15) is 23.6 Å². The summed E-state index contributed by atoms with van der Waals surface area (Å²) in [5.41, 5.74) is -0.498. The van der Waals surface area contributed by atoms with E-state index in [9.17, 15) is 44.4 Å². The van der Waals surface area contributed by atoms with Crippen LogP contribution in [0.5, 0.6) is 0 Å². The number of ketones is 4. The zero-order chi connectivity index (χ0) is 48.2. The zero-order valence-corrected chi connectivity index (χ0v) is 41.0. The number of hydrogen-bond donors (Lipinski definition) is 4. The number of allylic oxidation sites excluding steroid dienone is 6. The normalized spacial score (nSPS) is 40.5. The molecule has 4 aliphatic rings. The van der Waals surface area contributed by atoms with Crippen LogP contribution in [-0.2, 0) is 33.4 Å². The molecule has 12 nitrogen and oxygen atoms in total. The van der Waals surface area contributed by atoms with Crippen LogP contribution < -0.4 is 0 Å². The molecular formula is C53H83NO11. The predicted octanol–water partition coefficient (Wildman–Crippen LogP) is 7.10. The molecule has 1 unspecified atom stereocenters. The van der Waals surface area contributed by atoms with Crippen molar-refractivity contribution in [2.45, 2.75) is 174 Å². The monoisotopic (exact) mass is 910 g/mol. The Labute approximate surface area is 389 Å². The van der Waals surface area contributed by atoms with Gasteiger partial charge in [-0.15, -0.1) is 0 Å². The number of amides is 1. The molecule has 4 rings (SSSR count). The van der Waals surface area contributed by atoms with Crippen molar-refractivity contribution in [3.8, 4) is 0 Å². The average Bonchev–Trinajstić information content (AvgIpc) is 3.28. The minimum absolute atomic E-state index is 0.00131. The molecule has 12 heteroatoms. The standard InChI is InChI=1S/C53H83NO11/c1-32-15-11-10-12-16-33(2)47(64-8)27-40-19-18-38(7)53(63,30-40)51(61)52(62)54-22-14-13-17-43(54)46(58)29-41(34(3)25-39-20-21-44(56)42(26-39)31-55)28-45(57)35(4)24-37(6)49(60)50(65-9)48(59)36(5)23-32/h10-12,15-16,24,32,34-36,38-44,47,49-50,55-56,60,63H,13-14,17-23,25-31H2,1-9H3/b12-10+,15-11+,33-16+,37-24+/t32-,34-,35-,36-,38-,39?,40+,41-,42+,43+,44-,47+,49-,50+,53+/m1/s1. The third kappa shape index (κ3) is 14.4. The number of piperidine rings is 1. The van der Waals surface area contributed by atoms with Gasteiger partial charge in [0.25, 0.3) is 11.7 Å². The van der Waals surface area contributed by atoms with Gasteiger partial charge in [-0.05, 0) is 138 Å². The van der Waals surface area contributed by atoms with E-state index in [2.05, 4.69) is 0 Å². The van der Waals surface area contributed by atoms with Gasteiger partial charge in [0.05, 0.1) is 18.2 Å². The molecule has 2 heterocycles. The first-order valence-electron chi connectivity index (χ1n) is 24.6. The second-order valence-corrected chi connectivity index (χ2v) is 20.8. The summed E-state index contributed by atoms with van der Waals surface area (Å²) in [6, 6.07) is -0.875. The van der Waals surface area contributed by atoms with Gasteiger partial charge in [0, 0.05) is 58.0 Å². The Kier molecular flexibility index (Phi) is 21.2. The number of methoxy groups -OCH3 is 2. The van der Waals surface area contributed by atoms with Crippen molar-refractivity contribution in [2.24, 2.45) is 53.3 Å². The second-order valence-electron chi connectivity index (χ2n) is 20.8. The fraction of sp³-hybridized carbons (Fsp3) is 0.755. The molecule has 2 aliphatic carbocycles. The summed E-state index contributed by atoms with van der Waals surface area (Å²) >= 11 is 0. The fourth-order valence-corrected chi connectivity index (χ4v) is 11.3. The van der Waals surface area contributed by atoms with Crippen molar-refractivity contribution in [1.82, 2.24) is 4.90 Å². The molecule has 0 spiro atoms. The quantitative estimate of drug-likeness (QED) is 0.157. The van der Waals surface area contributed by atoms with Crippen molar-refractivity contribution in [3.63, 3.8) is 0 Å². The maximum absolute atomic E-state index is 14.6. The van der Waals surface area contributed by atoms with Crippen LogP contribution in [0.4, 0.5) is 0 Å². The number of Topliss-reactive ketones (excluding diaryl/α,β-unsaturated/α-hetero) is 4. The molecule has 3 fully saturated rings. The number of carbonyl (C=O) groups excluding carboxylic acids is 5. The molecule has 1 amide bonds. The van der Waals surface area contributed by atoms with Gasteiger partial charge in [0.15, 0.2) is 11.6 Å². The van der Waals surface area contributed by atoms with Crippen LogP contribution in [0, 0.1) is 53.3 Å². The van der Waals surface area contributed by atoms with E-state index in [1.165, 1.54) is 12.0 Å². The van der Waals surface area contributed by atoms with Gasteiger partial charge in [-0.3, -0.25) is 24.0 Å². The highest BCUT2D eigenvalue weighted by Crippen LogP contribution is 2.42. The third-order valence-electron chi connectivity index (χ3n) is 15.7. The molecule has 1 saturated heterocycles. The average molecular weight is 910 g/mol. The van der Waals surface area contributed by atoms with Gasteiger partial charge in [-0.2, -0.15) is 0 Å². The molecule has 366 valence electrons. The summed E-state index contributed by atoms with van der Waals surface area (Å²) in [5.74, 6) is -4.49. The highest BCUT2D eigenvalue weighted by molar-refractivity contribution is 6.39. The summed E-state index contributed by atoms with van der Waals surface area (Å²) in [4.78, 5) is 72.6. The summed E-state index contributed by atoms with van der Waals surface area (Å²) in [6.07, 6.45) is 15.0. The zero-order valence-electron chi connectivity index (χ0n) is 41.0. The molecule has 0 aromatic carbocycles. The van der Waals surface area contributed by atoms with E-state index in [1.54, 1.807) is 27.0 Å². The molecule has 2 bridgehead atoms. The van der Waals surface area contributed by atoms with Crippen molar-refractivity contribution in [2.75, 3.05) is 27.4 Å². The van der Waals surface area contributed by atoms with Crippen LogP contribution in [0.1, 0.15) is 138 Å². The predicted molar refractivity (Wildman–Crippen MR) is 251 cm³/mol. The van der Waals surface area contributed by atoms with Gasteiger partial charge >= 0.3 is 0 Å². The van der Waals surface area contributed by atoms with E-state index in [0.717, 1.165) is 18.4 Å². The number of fused-ring (bicyclic) bond motifs is 3. The first kappa shape index (κ1) is 54.5. The number of ether oxygens (including phenoxy) is 2. The maximum atomic E-state index is 14.6. The number of nitrogens with zero attached hydrogens (tertiary/aromatic N) is 1. The van der Waals surface area contributed by atoms with E-state index in [0.29, 0.717) is 63.4 Å². The van der Waals surface area contributed by atoms with Crippen LogP contribution in [0.15, 0.2) is 47.6 Å². The largest absolute Gasteiger partial charge is 0.396 e. The number of aliphatic hydroxyl groups excluding tert-OH is 3. The lowest BCUT2D eigenvalue weighted by molar-refractivity contribution is -0.165. The summed E-state index contributed by atoms with van der Waals surface area (Å²) in [5, 5.41) is 44.1. The van der Waals surface area contributed by atoms with E-state index in [4.69, 9.17) is 9.47 Å². The van der Waals surface area contributed by atoms with E-state index >= 15 is 0 Å². The van der Waals surface area contributed by atoms with Crippen LogP contribution >= 0.6 is 0 Å². The van der Waals surface area contributed by atoms with Crippen molar-refractivity contribution < 1.29 is 53.9 Å². The molecule has 0 aromatic rings. The first-order valence-corrected chi connectivity index (χ1v) is 24.6. The molecular weight excluding hydrogens is 827 g/mol. The van der Waals surface area contributed by atoms with Gasteiger partial charge in [-0.25, -0.2) is 0 Å². The number of rotatable bonds is 6. The molecule has 0 radical (unpaired) electrons. The first-order chi connectivity index (χ1) is 30.7. The van der Waals surface area contributed by atoms with E-state index < -0.39 is 65.3 Å². The molecule has 65 heavy (non-hydrogen) atoms. The van der Waals surface area contributed by atoms with E-state index in [-0.39, 0.29) is 85.5 Å². The van der Waals surface area contributed by atoms with Gasteiger partial charge < -0.3 is 34.8 Å². The highest BCUT2D eigenvalue weighted by Gasteiger charge is 2.51. The Bertz CT molecular complexity index is 1750. The van der Waals surface area contributed by atoms with Crippen LogP contribution in [0.3, 0.4) is 0 Å². The van der Waals surface area contributed by atoms with Gasteiger partial charge in [0.2, 0.25) is 0 Å². The summed E-state index contributed by atoms with van der Waals surface area (Å²) < 4.78 is 11.5. The lowest BCUT2D eigenvalue weighted by Gasteiger charge is -2.43. The fourth-order valence-electron chi connectivity index (χ4n) is 11.3. The highest BCUT2D eigenvalue weighted by atomic mass is 16.5. The molecule has 15 atom stereocenters. The third-order valence-corrected chi connectivity index (χ3v) is 15.7. The van der Waals surface area contributed by atoms with Crippen molar-refractivity contribution in [3.05, 3.63) is 47.6 Å². The van der Waals surface area contributed by atoms with Crippen LogP contribution in [0.2, 0.25) is 0 Å². The number of hydrogen-bond acceptors (Lipinski definition) is 11. The Morgan fingerprint density at radius 3 is 2.22 bits per heavy atom. The van der Waals surface area contributed by atoms with Crippen molar-refractivity contribution in [1.29, 1.82) is 0 Å². The van der Waals surface area contributed by atoms with E-state index in [1.807, 2.05) is 65.0 Å². The lowest BCUT2D eigenvalue weighted by atomic mass is 9.67. The maximum Gasteiger partial charge on any atom is 0.293 e. The number of aliphatic hydroxyl groups is 4. The molecule has 4 N–H and O–H groups in total. The number of carbonyl (C=O) groups is 5. The summed E-state index contributed by atoms with van der Waals surface area (Å²) in [6.45, 7) is 13.2. The Morgan fingerprint density at radius 1 is 0.831 bits per heavy atom.